The Kier molecular flexibility index (Phi) is 5.72. The molecule has 2 aliphatic rings. The van der Waals surface area contributed by atoms with Crippen molar-refractivity contribution in [1.29, 1.82) is 0 Å². The number of nitrogens with one attached hydrogen (secondary N) is 2. The molecule has 2 atom stereocenters. The van der Waals surface area contributed by atoms with Crippen LogP contribution in [0.1, 0.15) is 59.8 Å². The molecule has 2 unspecified atom stereocenters. The molecule has 1 aliphatic carbocycles. The second-order valence-electron chi connectivity index (χ2n) is 8.16. The van der Waals surface area contributed by atoms with Crippen LogP contribution in [0.2, 0.25) is 0 Å². The number of ether oxygens (including phenoxy) is 2. The van der Waals surface area contributed by atoms with Crippen molar-refractivity contribution in [3.05, 3.63) is 0 Å². The maximum atomic E-state index is 11.8. The van der Waals surface area contributed by atoms with E-state index in [9.17, 15) is 4.79 Å². The molecule has 0 aromatic carbocycles. The average molecular weight is 312 g/mol. The maximum absolute atomic E-state index is 11.8. The highest BCUT2D eigenvalue weighted by molar-refractivity contribution is 5.68. The van der Waals surface area contributed by atoms with Crippen LogP contribution < -0.4 is 10.6 Å². The molecule has 22 heavy (non-hydrogen) atoms. The van der Waals surface area contributed by atoms with Crippen molar-refractivity contribution in [3.63, 3.8) is 0 Å². The van der Waals surface area contributed by atoms with Gasteiger partial charge in [-0.3, -0.25) is 0 Å². The molecular formula is C17H32N2O3. The lowest BCUT2D eigenvalue weighted by molar-refractivity contribution is 0.0228. The molecule has 1 saturated heterocycles. The van der Waals surface area contributed by atoms with Crippen molar-refractivity contribution in [1.82, 2.24) is 10.6 Å². The topological polar surface area (TPSA) is 59.6 Å². The van der Waals surface area contributed by atoms with Gasteiger partial charge in [0.05, 0.1) is 0 Å². The van der Waals surface area contributed by atoms with Gasteiger partial charge in [0.2, 0.25) is 0 Å². The van der Waals surface area contributed by atoms with Crippen molar-refractivity contribution in [3.8, 4) is 0 Å². The predicted molar refractivity (Wildman–Crippen MR) is 87.0 cm³/mol. The molecule has 2 fully saturated rings. The SMILES string of the molecule is CC1(CNC2CCC(NC(=O)OC(C)(C)C)C2)CCOCC1. The van der Waals surface area contributed by atoms with E-state index in [1.807, 2.05) is 20.8 Å². The fraction of sp³-hybridized carbons (Fsp3) is 0.941. The largest absolute Gasteiger partial charge is 0.444 e. The zero-order chi connectivity index (χ0) is 16.2. The lowest BCUT2D eigenvalue weighted by Gasteiger charge is -2.34. The summed E-state index contributed by atoms with van der Waals surface area (Å²) in [5.74, 6) is 0. The van der Waals surface area contributed by atoms with E-state index >= 15 is 0 Å². The molecule has 5 heteroatoms. The summed E-state index contributed by atoms with van der Waals surface area (Å²) >= 11 is 0. The summed E-state index contributed by atoms with van der Waals surface area (Å²) in [6, 6.07) is 0.731. The number of hydrogen-bond donors (Lipinski definition) is 2. The molecule has 1 amide bonds. The Labute approximate surface area is 134 Å². The van der Waals surface area contributed by atoms with Gasteiger partial charge in [-0.1, -0.05) is 6.92 Å². The average Bonchev–Trinajstić information content (AvgIpc) is 2.83. The first-order valence-corrected chi connectivity index (χ1v) is 8.56. The smallest absolute Gasteiger partial charge is 0.407 e. The molecular weight excluding hydrogens is 280 g/mol. The first-order chi connectivity index (χ1) is 10.3. The van der Waals surface area contributed by atoms with Crippen LogP contribution in [-0.2, 0) is 9.47 Å². The molecule has 0 spiro atoms. The second-order valence-corrected chi connectivity index (χ2v) is 8.16. The van der Waals surface area contributed by atoms with Gasteiger partial charge in [-0.05, 0) is 58.3 Å². The number of alkyl carbamates (subject to hydrolysis) is 1. The van der Waals surface area contributed by atoms with E-state index in [1.165, 1.54) is 0 Å². The van der Waals surface area contributed by atoms with Crippen LogP contribution in [0.25, 0.3) is 0 Å². The molecule has 0 radical (unpaired) electrons. The minimum Gasteiger partial charge on any atom is -0.444 e. The van der Waals surface area contributed by atoms with Gasteiger partial charge in [0.25, 0.3) is 0 Å². The van der Waals surface area contributed by atoms with Crippen molar-refractivity contribution in [2.45, 2.75) is 77.5 Å². The standard InChI is InChI=1S/C17H32N2O3/c1-16(2,3)22-15(20)19-14-6-5-13(11-14)18-12-17(4)7-9-21-10-8-17/h13-14,18H,5-12H2,1-4H3,(H,19,20). The molecule has 0 bridgehead atoms. The third-order valence-corrected chi connectivity index (χ3v) is 4.67. The van der Waals surface area contributed by atoms with Crippen LogP contribution in [0.3, 0.4) is 0 Å². The number of carbonyl (C=O) groups is 1. The van der Waals surface area contributed by atoms with E-state index in [1.54, 1.807) is 0 Å². The zero-order valence-electron chi connectivity index (χ0n) is 14.5. The van der Waals surface area contributed by atoms with Crippen LogP contribution in [0.4, 0.5) is 4.79 Å². The van der Waals surface area contributed by atoms with Crippen molar-refractivity contribution >= 4 is 6.09 Å². The van der Waals surface area contributed by atoms with E-state index in [0.717, 1.165) is 51.9 Å². The number of amides is 1. The quantitative estimate of drug-likeness (QED) is 0.838. The van der Waals surface area contributed by atoms with Gasteiger partial charge < -0.3 is 20.1 Å². The monoisotopic (exact) mass is 312 g/mol. The summed E-state index contributed by atoms with van der Waals surface area (Å²) in [5, 5.41) is 6.69. The first kappa shape index (κ1) is 17.5. The van der Waals surface area contributed by atoms with E-state index in [0.29, 0.717) is 11.5 Å². The predicted octanol–water partition coefficient (Wildman–Crippen LogP) is 2.84. The summed E-state index contributed by atoms with van der Waals surface area (Å²) in [6.07, 6.45) is 5.10. The minimum atomic E-state index is -0.433. The van der Waals surface area contributed by atoms with Crippen LogP contribution in [-0.4, -0.2) is 43.5 Å². The Morgan fingerprint density at radius 3 is 2.50 bits per heavy atom. The first-order valence-electron chi connectivity index (χ1n) is 8.56. The van der Waals surface area contributed by atoms with Gasteiger partial charge in [0.15, 0.2) is 0 Å². The fourth-order valence-electron chi connectivity index (χ4n) is 3.20. The summed E-state index contributed by atoms with van der Waals surface area (Å²) in [4.78, 5) is 11.8. The molecule has 0 aromatic rings. The fourth-order valence-corrected chi connectivity index (χ4v) is 3.20. The van der Waals surface area contributed by atoms with Crippen LogP contribution in [0, 0.1) is 5.41 Å². The molecule has 1 saturated carbocycles. The van der Waals surface area contributed by atoms with Crippen molar-refractivity contribution in [2.75, 3.05) is 19.8 Å². The summed E-state index contributed by atoms with van der Waals surface area (Å²) in [5.41, 5.74) is -0.0765. The third kappa shape index (κ3) is 5.76. The van der Waals surface area contributed by atoms with Crippen LogP contribution >= 0.6 is 0 Å². The zero-order valence-corrected chi connectivity index (χ0v) is 14.5. The number of carbonyl (C=O) groups excluding carboxylic acids is 1. The highest BCUT2D eigenvalue weighted by Crippen LogP contribution is 2.30. The van der Waals surface area contributed by atoms with Gasteiger partial charge in [-0.2, -0.15) is 0 Å². The van der Waals surface area contributed by atoms with Gasteiger partial charge in [0.1, 0.15) is 5.60 Å². The Bertz CT molecular complexity index is 373. The van der Waals surface area contributed by atoms with Crippen molar-refractivity contribution < 1.29 is 14.3 Å². The molecule has 2 rings (SSSR count). The Morgan fingerprint density at radius 1 is 1.23 bits per heavy atom. The Hall–Kier alpha value is -0.810. The third-order valence-electron chi connectivity index (χ3n) is 4.67. The molecule has 1 heterocycles. The molecule has 5 nitrogen and oxygen atoms in total. The highest BCUT2D eigenvalue weighted by atomic mass is 16.6. The molecule has 2 N–H and O–H groups in total. The second kappa shape index (κ2) is 7.18. The van der Waals surface area contributed by atoms with Crippen LogP contribution in [0.15, 0.2) is 0 Å². The lowest BCUT2D eigenvalue weighted by Crippen LogP contribution is -2.42. The number of rotatable bonds is 4. The molecule has 0 aromatic heterocycles. The summed E-state index contributed by atoms with van der Waals surface area (Å²) in [6.45, 7) is 10.8. The van der Waals surface area contributed by atoms with Crippen LogP contribution in [0.5, 0.6) is 0 Å². The van der Waals surface area contributed by atoms with Gasteiger partial charge in [0, 0.05) is 31.8 Å². The van der Waals surface area contributed by atoms with Gasteiger partial charge in [-0.25, -0.2) is 4.79 Å². The summed E-state index contributed by atoms with van der Waals surface area (Å²) < 4.78 is 10.8. The van der Waals surface area contributed by atoms with Gasteiger partial charge in [-0.15, -0.1) is 0 Å². The van der Waals surface area contributed by atoms with Gasteiger partial charge >= 0.3 is 6.09 Å². The normalized spacial score (nSPS) is 28.4. The number of hydrogen-bond acceptors (Lipinski definition) is 4. The van der Waals surface area contributed by atoms with E-state index in [4.69, 9.17) is 9.47 Å². The van der Waals surface area contributed by atoms with E-state index in [2.05, 4.69) is 17.6 Å². The minimum absolute atomic E-state index is 0.231. The van der Waals surface area contributed by atoms with E-state index < -0.39 is 5.60 Å². The maximum Gasteiger partial charge on any atom is 0.407 e. The molecule has 1 aliphatic heterocycles. The van der Waals surface area contributed by atoms with E-state index in [-0.39, 0.29) is 12.1 Å². The lowest BCUT2D eigenvalue weighted by atomic mass is 9.82. The molecule has 128 valence electrons. The Balaban J connectivity index is 1.68. The summed E-state index contributed by atoms with van der Waals surface area (Å²) in [7, 11) is 0. The van der Waals surface area contributed by atoms with Crippen molar-refractivity contribution in [2.24, 2.45) is 5.41 Å². The Morgan fingerprint density at radius 2 is 1.86 bits per heavy atom. The highest BCUT2D eigenvalue weighted by Gasteiger charge is 2.31.